The molecule has 3 heterocycles. The molecule has 1 atom stereocenters. The molecule has 128 valence electrons. The van der Waals surface area contributed by atoms with Gasteiger partial charge in [-0.25, -0.2) is 0 Å². The second-order valence-corrected chi connectivity index (χ2v) is 6.76. The first-order valence-corrected chi connectivity index (χ1v) is 8.40. The second-order valence-electron chi connectivity index (χ2n) is 6.76. The highest BCUT2D eigenvalue weighted by Crippen LogP contribution is 2.20. The Hall–Kier alpha value is -2.21. The summed E-state index contributed by atoms with van der Waals surface area (Å²) in [5, 5.41) is 4.30. The van der Waals surface area contributed by atoms with Crippen molar-refractivity contribution in [3.63, 3.8) is 0 Å². The normalized spacial score (nSPS) is 17.7. The standard InChI is InChI=1S/C18H25N5O/c1-14-9-17(20-22(14)3)18(24)23-8-6-16(13-23)12-21(2)11-15-5-4-7-19-10-15/h4-5,7,9-10,16H,6,8,11-13H2,1-3H3/t16-/m1/s1. The van der Waals surface area contributed by atoms with Crippen LogP contribution in [0, 0.1) is 12.8 Å². The minimum absolute atomic E-state index is 0.0520. The van der Waals surface area contributed by atoms with E-state index in [0.717, 1.165) is 38.3 Å². The molecule has 2 aromatic rings. The summed E-state index contributed by atoms with van der Waals surface area (Å²) < 4.78 is 1.75. The third-order valence-electron chi connectivity index (χ3n) is 4.65. The van der Waals surface area contributed by atoms with Crippen molar-refractivity contribution in [3.8, 4) is 0 Å². The number of likely N-dealkylation sites (tertiary alicyclic amines) is 1. The first kappa shape index (κ1) is 16.6. The Balaban J connectivity index is 1.52. The molecule has 1 fully saturated rings. The van der Waals surface area contributed by atoms with E-state index >= 15 is 0 Å². The summed E-state index contributed by atoms with van der Waals surface area (Å²) in [6.45, 7) is 5.47. The van der Waals surface area contributed by atoms with Gasteiger partial charge in [-0.3, -0.25) is 14.5 Å². The minimum atomic E-state index is 0.0520. The van der Waals surface area contributed by atoms with Crippen molar-refractivity contribution in [1.82, 2.24) is 24.6 Å². The molecule has 0 aromatic carbocycles. The highest BCUT2D eigenvalue weighted by Gasteiger charge is 2.28. The maximum Gasteiger partial charge on any atom is 0.274 e. The van der Waals surface area contributed by atoms with Crippen LogP contribution in [0.2, 0.25) is 0 Å². The number of hydrogen-bond acceptors (Lipinski definition) is 4. The Labute approximate surface area is 143 Å². The highest BCUT2D eigenvalue weighted by atomic mass is 16.2. The van der Waals surface area contributed by atoms with Gasteiger partial charge in [0.25, 0.3) is 5.91 Å². The summed E-state index contributed by atoms with van der Waals surface area (Å²) >= 11 is 0. The van der Waals surface area contributed by atoms with Crippen LogP contribution in [0.4, 0.5) is 0 Å². The van der Waals surface area contributed by atoms with E-state index in [1.54, 1.807) is 10.9 Å². The Morgan fingerprint density at radius 2 is 2.29 bits per heavy atom. The Kier molecular flexibility index (Phi) is 4.94. The molecule has 0 radical (unpaired) electrons. The average molecular weight is 327 g/mol. The number of carbonyl (C=O) groups excluding carboxylic acids is 1. The maximum absolute atomic E-state index is 12.6. The summed E-state index contributed by atoms with van der Waals surface area (Å²) in [5.41, 5.74) is 2.78. The Morgan fingerprint density at radius 3 is 2.96 bits per heavy atom. The molecule has 3 rings (SSSR count). The average Bonchev–Trinajstić information content (AvgIpc) is 3.15. The second kappa shape index (κ2) is 7.13. The lowest BCUT2D eigenvalue weighted by molar-refractivity contribution is 0.0777. The van der Waals surface area contributed by atoms with Crippen molar-refractivity contribution in [3.05, 3.63) is 47.5 Å². The van der Waals surface area contributed by atoms with Crippen LogP contribution >= 0.6 is 0 Å². The topological polar surface area (TPSA) is 54.3 Å². The molecule has 0 bridgehead atoms. The fraction of sp³-hybridized carbons (Fsp3) is 0.500. The number of nitrogens with zero attached hydrogens (tertiary/aromatic N) is 5. The van der Waals surface area contributed by atoms with E-state index in [1.807, 2.05) is 37.2 Å². The molecule has 6 heteroatoms. The number of aromatic nitrogens is 3. The molecule has 0 unspecified atom stereocenters. The van der Waals surface area contributed by atoms with Crippen molar-refractivity contribution in [2.45, 2.75) is 19.9 Å². The lowest BCUT2D eigenvalue weighted by atomic mass is 10.1. The minimum Gasteiger partial charge on any atom is -0.337 e. The number of hydrogen-bond donors (Lipinski definition) is 0. The fourth-order valence-electron chi connectivity index (χ4n) is 3.30. The molecule has 0 saturated carbocycles. The summed E-state index contributed by atoms with van der Waals surface area (Å²) in [4.78, 5) is 21.0. The van der Waals surface area contributed by atoms with Gasteiger partial charge in [0, 0.05) is 51.3 Å². The molecular weight excluding hydrogens is 302 g/mol. The Morgan fingerprint density at radius 1 is 1.46 bits per heavy atom. The monoisotopic (exact) mass is 327 g/mol. The van der Waals surface area contributed by atoms with Gasteiger partial charge in [-0.2, -0.15) is 5.10 Å². The largest absolute Gasteiger partial charge is 0.337 e. The molecule has 1 aliphatic heterocycles. The molecule has 2 aromatic heterocycles. The van der Waals surface area contributed by atoms with Crippen LogP contribution in [0.15, 0.2) is 30.6 Å². The van der Waals surface area contributed by atoms with Gasteiger partial charge in [-0.05, 0) is 44.0 Å². The van der Waals surface area contributed by atoms with Gasteiger partial charge in [0.2, 0.25) is 0 Å². The van der Waals surface area contributed by atoms with E-state index in [2.05, 4.69) is 28.1 Å². The summed E-state index contributed by atoms with van der Waals surface area (Å²) in [6.07, 6.45) is 4.75. The van der Waals surface area contributed by atoms with E-state index in [1.165, 1.54) is 5.56 Å². The number of carbonyl (C=O) groups is 1. The van der Waals surface area contributed by atoms with Crippen LogP contribution in [-0.2, 0) is 13.6 Å². The zero-order chi connectivity index (χ0) is 17.1. The summed E-state index contributed by atoms with van der Waals surface area (Å²) in [5.74, 6) is 0.566. The number of aryl methyl sites for hydroxylation is 2. The van der Waals surface area contributed by atoms with Gasteiger partial charge < -0.3 is 9.80 Å². The third-order valence-corrected chi connectivity index (χ3v) is 4.65. The van der Waals surface area contributed by atoms with Crippen LogP contribution in [0.5, 0.6) is 0 Å². The molecule has 24 heavy (non-hydrogen) atoms. The molecule has 6 nitrogen and oxygen atoms in total. The predicted molar refractivity (Wildman–Crippen MR) is 92.5 cm³/mol. The molecular formula is C18H25N5O. The van der Waals surface area contributed by atoms with Crippen molar-refractivity contribution in [2.75, 3.05) is 26.7 Å². The van der Waals surface area contributed by atoms with Crippen molar-refractivity contribution in [2.24, 2.45) is 13.0 Å². The van der Waals surface area contributed by atoms with E-state index in [4.69, 9.17) is 0 Å². The SMILES string of the molecule is Cc1cc(C(=O)N2CC[C@H](CN(C)Cc3cccnc3)C2)nn1C. The van der Waals surface area contributed by atoms with Crippen molar-refractivity contribution in [1.29, 1.82) is 0 Å². The van der Waals surface area contributed by atoms with Gasteiger partial charge in [-0.1, -0.05) is 6.07 Å². The summed E-state index contributed by atoms with van der Waals surface area (Å²) in [7, 11) is 3.99. The zero-order valence-corrected chi connectivity index (χ0v) is 14.6. The van der Waals surface area contributed by atoms with Crippen molar-refractivity contribution >= 4 is 5.91 Å². The number of amides is 1. The fourth-order valence-corrected chi connectivity index (χ4v) is 3.30. The summed E-state index contributed by atoms with van der Waals surface area (Å²) in [6, 6.07) is 5.93. The first-order valence-electron chi connectivity index (χ1n) is 8.40. The van der Waals surface area contributed by atoms with Crippen LogP contribution < -0.4 is 0 Å². The van der Waals surface area contributed by atoms with Gasteiger partial charge in [-0.15, -0.1) is 0 Å². The molecule has 0 spiro atoms. The van der Waals surface area contributed by atoms with E-state index in [-0.39, 0.29) is 5.91 Å². The highest BCUT2D eigenvalue weighted by molar-refractivity contribution is 5.92. The molecule has 0 N–H and O–H groups in total. The molecule has 0 aliphatic carbocycles. The predicted octanol–water partition coefficient (Wildman–Crippen LogP) is 1.72. The van der Waals surface area contributed by atoms with Crippen LogP contribution in [0.25, 0.3) is 0 Å². The number of pyridine rings is 1. The van der Waals surface area contributed by atoms with E-state index in [0.29, 0.717) is 11.6 Å². The van der Waals surface area contributed by atoms with Gasteiger partial charge in [0.15, 0.2) is 5.69 Å². The van der Waals surface area contributed by atoms with Crippen LogP contribution in [0.3, 0.4) is 0 Å². The van der Waals surface area contributed by atoms with Gasteiger partial charge >= 0.3 is 0 Å². The van der Waals surface area contributed by atoms with E-state index in [9.17, 15) is 4.79 Å². The number of rotatable bonds is 5. The molecule has 1 aliphatic rings. The Bertz CT molecular complexity index is 677. The lowest BCUT2D eigenvalue weighted by Crippen LogP contribution is -2.31. The first-order chi connectivity index (χ1) is 11.5. The van der Waals surface area contributed by atoms with Crippen LogP contribution in [-0.4, -0.2) is 57.2 Å². The quantitative estimate of drug-likeness (QED) is 0.839. The van der Waals surface area contributed by atoms with Crippen LogP contribution in [0.1, 0.15) is 28.2 Å². The maximum atomic E-state index is 12.6. The molecule has 1 amide bonds. The van der Waals surface area contributed by atoms with Gasteiger partial charge in [0.05, 0.1) is 0 Å². The van der Waals surface area contributed by atoms with E-state index < -0.39 is 0 Å². The smallest absolute Gasteiger partial charge is 0.274 e. The third kappa shape index (κ3) is 3.82. The van der Waals surface area contributed by atoms with Gasteiger partial charge in [0.1, 0.15) is 0 Å². The van der Waals surface area contributed by atoms with Crippen molar-refractivity contribution < 1.29 is 4.79 Å². The lowest BCUT2D eigenvalue weighted by Gasteiger charge is -2.21. The molecule has 1 saturated heterocycles. The zero-order valence-electron chi connectivity index (χ0n) is 14.6.